The van der Waals surface area contributed by atoms with E-state index in [-0.39, 0.29) is 12.0 Å². The summed E-state index contributed by atoms with van der Waals surface area (Å²) in [6.07, 6.45) is 5.43. The number of rotatable bonds is 7. The summed E-state index contributed by atoms with van der Waals surface area (Å²) in [6.45, 7) is 5.55. The topological polar surface area (TPSA) is 76.1 Å². The van der Waals surface area contributed by atoms with Crippen LogP contribution in [0.25, 0.3) is 0 Å². The molecule has 1 aromatic heterocycles. The van der Waals surface area contributed by atoms with Crippen molar-refractivity contribution in [3.05, 3.63) is 47.4 Å². The Morgan fingerprint density at radius 2 is 2.00 bits per heavy atom. The lowest BCUT2D eigenvalue weighted by atomic mass is 10.0. The number of amides is 1. The third-order valence-corrected chi connectivity index (χ3v) is 4.67. The van der Waals surface area contributed by atoms with Gasteiger partial charge in [-0.3, -0.25) is 4.79 Å². The maximum Gasteiger partial charge on any atom is 0.270 e. The Balaban J connectivity index is 1.72. The lowest BCUT2D eigenvalue weighted by Crippen LogP contribution is -2.32. The number of hydrogen-bond acceptors (Lipinski definition) is 5. The number of para-hydroxylation sites is 1. The number of nitrogens with one attached hydrogen (secondary N) is 2. The van der Waals surface area contributed by atoms with Crippen molar-refractivity contribution in [1.82, 2.24) is 15.3 Å². The molecule has 1 aliphatic rings. The van der Waals surface area contributed by atoms with Crippen LogP contribution in [0, 0.1) is 0 Å². The molecule has 1 fully saturated rings. The second kappa shape index (κ2) is 8.76. The minimum Gasteiger partial charge on any atom is -0.376 e. The molecule has 0 aliphatic carbocycles. The van der Waals surface area contributed by atoms with Crippen molar-refractivity contribution in [2.45, 2.75) is 45.6 Å². The second-order valence-electron chi connectivity index (χ2n) is 6.42. The van der Waals surface area contributed by atoms with E-state index >= 15 is 0 Å². The first-order valence-electron chi connectivity index (χ1n) is 9.30. The summed E-state index contributed by atoms with van der Waals surface area (Å²) in [5, 5.41) is 6.27. The summed E-state index contributed by atoms with van der Waals surface area (Å²) in [6, 6.07) is 7.99. The van der Waals surface area contributed by atoms with Crippen LogP contribution in [0.5, 0.6) is 0 Å². The van der Waals surface area contributed by atoms with Gasteiger partial charge in [-0.1, -0.05) is 32.0 Å². The predicted molar refractivity (Wildman–Crippen MR) is 102 cm³/mol. The van der Waals surface area contributed by atoms with E-state index in [4.69, 9.17) is 4.74 Å². The van der Waals surface area contributed by atoms with Crippen molar-refractivity contribution in [3.8, 4) is 0 Å². The molecule has 1 aliphatic heterocycles. The molecule has 2 aromatic rings. The fourth-order valence-corrected chi connectivity index (χ4v) is 3.18. The van der Waals surface area contributed by atoms with Gasteiger partial charge in [0.25, 0.3) is 5.91 Å². The van der Waals surface area contributed by atoms with E-state index in [1.54, 1.807) is 6.07 Å². The molecule has 0 saturated carbocycles. The summed E-state index contributed by atoms with van der Waals surface area (Å²) in [4.78, 5) is 20.8. The maximum absolute atomic E-state index is 12.4. The first-order valence-corrected chi connectivity index (χ1v) is 9.30. The van der Waals surface area contributed by atoms with Crippen LogP contribution in [0.3, 0.4) is 0 Å². The standard InChI is InChI=1S/C20H26N4O2/c1-3-14-7-5-8-15(4-2)19(14)24-18-11-17(22-13-23-18)20(25)21-12-16-9-6-10-26-16/h5,7-8,11,13,16H,3-4,6,9-10,12H2,1-2H3,(H,21,25)(H,22,23,24). The molecule has 0 spiro atoms. The van der Waals surface area contributed by atoms with E-state index in [9.17, 15) is 4.79 Å². The minimum absolute atomic E-state index is 0.113. The summed E-state index contributed by atoms with van der Waals surface area (Å²) >= 11 is 0. The van der Waals surface area contributed by atoms with Gasteiger partial charge in [-0.15, -0.1) is 0 Å². The lowest BCUT2D eigenvalue weighted by molar-refractivity contribution is 0.0853. The Bertz CT molecular complexity index is 735. The highest BCUT2D eigenvalue weighted by Crippen LogP contribution is 2.25. The molecule has 6 nitrogen and oxygen atoms in total. The maximum atomic E-state index is 12.4. The molecule has 26 heavy (non-hydrogen) atoms. The molecule has 1 amide bonds. The zero-order chi connectivity index (χ0) is 18.4. The number of benzene rings is 1. The molecular formula is C20H26N4O2. The van der Waals surface area contributed by atoms with Gasteiger partial charge < -0.3 is 15.4 Å². The van der Waals surface area contributed by atoms with Crippen LogP contribution < -0.4 is 10.6 Å². The zero-order valence-corrected chi connectivity index (χ0v) is 15.4. The number of hydrogen-bond donors (Lipinski definition) is 2. The van der Waals surface area contributed by atoms with Gasteiger partial charge in [-0.2, -0.15) is 0 Å². The van der Waals surface area contributed by atoms with Crippen molar-refractivity contribution in [2.75, 3.05) is 18.5 Å². The van der Waals surface area contributed by atoms with Crippen molar-refractivity contribution in [1.29, 1.82) is 0 Å². The second-order valence-corrected chi connectivity index (χ2v) is 6.42. The Morgan fingerprint density at radius 1 is 1.23 bits per heavy atom. The van der Waals surface area contributed by atoms with Crippen LogP contribution in [0.1, 0.15) is 48.3 Å². The highest BCUT2D eigenvalue weighted by molar-refractivity contribution is 5.93. The minimum atomic E-state index is -0.203. The van der Waals surface area contributed by atoms with E-state index in [2.05, 4.69) is 52.6 Å². The molecule has 1 aromatic carbocycles. The van der Waals surface area contributed by atoms with Crippen molar-refractivity contribution >= 4 is 17.4 Å². The van der Waals surface area contributed by atoms with Crippen LogP contribution in [-0.4, -0.2) is 35.1 Å². The number of anilines is 2. The van der Waals surface area contributed by atoms with Crippen molar-refractivity contribution in [2.24, 2.45) is 0 Å². The van der Waals surface area contributed by atoms with E-state index in [1.165, 1.54) is 17.5 Å². The first kappa shape index (κ1) is 18.3. The Kier molecular flexibility index (Phi) is 6.17. The zero-order valence-electron chi connectivity index (χ0n) is 15.4. The largest absolute Gasteiger partial charge is 0.376 e. The molecular weight excluding hydrogens is 328 g/mol. The van der Waals surface area contributed by atoms with Gasteiger partial charge in [0, 0.05) is 24.9 Å². The molecule has 2 heterocycles. The average molecular weight is 354 g/mol. The highest BCUT2D eigenvalue weighted by Gasteiger charge is 2.17. The Morgan fingerprint density at radius 3 is 2.65 bits per heavy atom. The van der Waals surface area contributed by atoms with E-state index in [0.29, 0.717) is 18.1 Å². The number of ether oxygens (including phenoxy) is 1. The normalized spacial score (nSPS) is 16.5. The SMILES string of the molecule is CCc1cccc(CC)c1Nc1cc(C(=O)NCC2CCCO2)ncn1. The molecule has 3 rings (SSSR count). The van der Waals surface area contributed by atoms with Crippen LogP contribution in [-0.2, 0) is 17.6 Å². The van der Waals surface area contributed by atoms with Gasteiger partial charge >= 0.3 is 0 Å². The van der Waals surface area contributed by atoms with Crippen molar-refractivity contribution in [3.63, 3.8) is 0 Å². The molecule has 1 unspecified atom stereocenters. The van der Waals surface area contributed by atoms with Gasteiger partial charge in [-0.05, 0) is 36.8 Å². The highest BCUT2D eigenvalue weighted by atomic mass is 16.5. The third kappa shape index (κ3) is 4.38. The van der Waals surface area contributed by atoms with E-state index < -0.39 is 0 Å². The summed E-state index contributed by atoms with van der Waals surface area (Å²) in [5.41, 5.74) is 3.88. The van der Waals surface area contributed by atoms with Crippen LogP contribution in [0.4, 0.5) is 11.5 Å². The fraction of sp³-hybridized carbons (Fsp3) is 0.450. The molecule has 1 atom stereocenters. The number of nitrogens with zero attached hydrogens (tertiary/aromatic N) is 2. The molecule has 2 N–H and O–H groups in total. The first-order chi connectivity index (χ1) is 12.7. The van der Waals surface area contributed by atoms with E-state index in [1.807, 2.05) is 0 Å². The third-order valence-electron chi connectivity index (χ3n) is 4.67. The molecule has 0 bridgehead atoms. The van der Waals surface area contributed by atoms with Gasteiger partial charge in [0.1, 0.15) is 17.8 Å². The van der Waals surface area contributed by atoms with Gasteiger partial charge in [0.15, 0.2) is 0 Å². The molecule has 1 saturated heterocycles. The Labute approximate surface area is 154 Å². The van der Waals surface area contributed by atoms with Crippen LogP contribution in [0.15, 0.2) is 30.6 Å². The predicted octanol–water partition coefficient (Wildman–Crippen LogP) is 3.25. The smallest absolute Gasteiger partial charge is 0.270 e. The Hall–Kier alpha value is -2.47. The summed E-state index contributed by atoms with van der Waals surface area (Å²) < 4.78 is 5.53. The number of carbonyl (C=O) groups excluding carboxylic acids is 1. The molecule has 138 valence electrons. The molecule has 6 heteroatoms. The fourth-order valence-electron chi connectivity index (χ4n) is 3.18. The van der Waals surface area contributed by atoms with E-state index in [0.717, 1.165) is 38.0 Å². The monoisotopic (exact) mass is 354 g/mol. The summed E-state index contributed by atoms with van der Waals surface area (Å²) in [7, 11) is 0. The van der Waals surface area contributed by atoms with Crippen molar-refractivity contribution < 1.29 is 9.53 Å². The van der Waals surface area contributed by atoms with Crippen LogP contribution in [0.2, 0.25) is 0 Å². The van der Waals surface area contributed by atoms with Gasteiger partial charge in [-0.25, -0.2) is 9.97 Å². The van der Waals surface area contributed by atoms with Gasteiger partial charge in [0.2, 0.25) is 0 Å². The summed E-state index contributed by atoms with van der Waals surface area (Å²) in [5.74, 6) is 0.420. The molecule has 0 radical (unpaired) electrons. The average Bonchev–Trinajstić information content (AvgIpc) is 3.20. The number of carbonyl (C=O) groups is 1. The van der Waals surface area contributed by atoms with Crippen LogP contribution >= 0.6 is 0 Å². The van der Waals surface area contributed by atoms with Gasteiger partial charge in [0.05, 0.1) is 6.10 Å². The lowest BCUT2D eigenvalue weighted by Gasteiger charge is -2.15. The number of aryl methyl sites for hydroxylation is 2. The number of aromatic nitrogens is 2. The quantitative estimate of drug-likeness (QED) is 0.798.